The number of halogens is 2. The molecule has 2 nitrogen and oxygen atoms in total. The van der Waals surface area contributed by atoms with E-state index in [4.69, 9.17) is 4.74 Å². The maximum absolute atomic E-state index is 5.44. The van der Waals surface area contributed by atoms with Gasteiger partial charge in [0.1, 0.15) is 12.4 Å². The van der Waals surface area contributed by atoms with Gasteiger partial charge in [0.15, 0.2) is 0 Å². The number of rotatable bonds is 4. The van der Waals surface area contributed by atoms with Gasteiger partial charge in [-0.2, -0.15) is 0 Å². The Morgan fingerprint density at radius 3 is 2.46 bits per heavy atom. The van der Waals surface area contributed by atoms with Crippen molar-refractivity contribution in [3.05, 3.63) is 27.8 Å². The lowest BCUT2D eigenvalue weighted by molar-refractivity contribution is 0.318. The van der Waals surface area contributed by atoms with Crippen LogP contribution in [0.15, 0.2) is 24.3 Å². The standard InChI is InChI=1S/C9H12INO.ClH/c1-11-6-7-12-9-4-2-8(10)3-5-9;/h2-5,11H,6-7H2,1H3;1H. The van der Waals surface area contributed by atoms with Crippen molar-refractivity contribution in [2.75, 3.05) is 20.2 Å². The zero-order valence-corrected chi connectivity index (χ0v) is 10.4. The molecular formula is C9H13ClINO. The van der Waals surface area contributed by atoms with Crippen LogP contribution in [0.4, 0.5) is 0 Å². The summed E-state index contributed by atoms with van der Waals surface area (Å²) in [6.07, 6.45) is 0. The van der Waals surface area contributed by atoms with E-state index in [9.17, 15) is 0 Å². The van der Waals surface area contributed by atoms with E-state index in [-0.39, 0.29) is 12.4 Å². The van der Waals surface area contributed by atoms with Crippen molar-refractivity contribution in [1.82, 2.24) is 5.32 Å². The van der Waals surface area contributed by atoms with Gasteiger partial charge in [-0.15, -0.1) is 12.4 Å². The number of ether oxygens (including phenoxy) is 1. The molecule has 0 fully saturated rings. The minimum Gasteiger partial charge on any atom is -0.492 e. The Kier molecular flexibility index (Phi) is 7.41. The second-order valence-corrected chi connectivity index (χ2v) is 3.65. The molecule has 13 heavy (non-hydrogen) atoms. The molecule has 0 saturated heterocycles. The molecule has 0 aromatic heterocycles. The summed E-state index contributed by atoms with van der Waals surface area (Å²) in [6.45, 7) is 1.60. The van der Waals surface area contributed by atoms with Gasteiger partial charge in [-0.1, -0.05) is 0 Å². The maximum Gasteiger partial charge on any atom is 0.119 e. The summed E-state index contributed by atoms with van der Waals surface area (Å²) in [4.78, 5) is 0. The molecule has 0 aliphatic carbocycles. The molecule has 0 aliphatic rings. The van der Waals surface area contributed by atoms with E-state index in [0.717, 1.165) is 18.9 Å². The summed E-state index contributed by atoms with van der Waals surface area (Å²) in [5.74, 6) is 0.936. The third-order valence-electron chi connectivity index (χ3n) is 1.43. The molecule has 0 saturated carbocycles. The van der Waals surface area contributed by atoms with Gasteiger partial charge in [0.25, 0.3) is 0 Å². The van der Waals surface area contributed by atoms with Gasteiger partial charge in [0.05, 0.1) is 0 Å². The van der Waals surface area contributed by atoms with Crippen LogP contribution in [-0.4, -0.2) is 20.2 Å². The maximum atomic E-state index is 5.44. The highest BCUT2D eigenvalue weighted by atomic mass is 127. The first-order chi connectivity index (χ1) is 5.83. The number of benzene rings is 1. The third kappa shape index (κ3) is 5.33. The van der Waals surface area contributed by atoms with Crippen molar-refractivity contribution in [2.24, 2.45) is 0 Å². The number of likely N-dealkylation sites (N-methyl/N-ethyl adjacent to an activating group) is 1. The van der Waals surface area contributed by atoms with Crippen molar-refractivity contribution in [2.45, 2.75) is 0 Å². The topological polar surface area (TPSA) is 21.3 Å². The van der Waals surface area contributed by atoms with Crippen LogP contribution in [0.2, 0.25) is 0 Å². The highest BCUT2D eigenvalue weighted by molar-refractivity contribution is 14.1. The number of hydrogen-bond acceptors (Lipinski definition) is 2. The van der Waals surface area contributed by atoms with Crippen LogP contribution in [0.3, 0.4) is 0 Å². The van der Waals surface area contributed by atoms with Crippen LogP contribution in [-0.2, 0) is 0 Å². The lowest BCUT2D eigenvalue weighted by Crippen LogP contribution is -2.15. The molecular weight excluding hydrogens is 300 g/mol. The molecule has 1 rings (SSSR count). The van der Waals surface area contributed by atoms with Crippen LogP contribution in [0, 0.1) is 3.57 Å². The van der Waals surface area contributed by atoms with E-state index in [1.54, 1.807) is 0 Å². The van der Waals surface area contributed by atoms with Crippen molar-refractivity contribution >= 4 is 35.0 Å². The number of hydrogen-bond donors (Lipinski definition) is 1. The second kappa shape index (κ2) is 7.41. The first kappa shape index (κ1) is 13.0. The molecule has 1 N–H and O–H groups in total. The first-order valence-corrected chi connectivity index (χ1v) is 4.94. The minimum atomic E-state index is 0. The molecule has 0 radical (unpaired) electrons. The SMILES string of the molecule is CNCCOc1ccc(I)cc1.Cl. The fourth-order valence-corrected chi connectivity index (χ4v) is 1.16. The molecule has 0 aliphatic heterocycles. The van der Waals surface area contributed by atoms with E-state index >= 15 is 0 Å². The summed E-state index contributed by atoms with van der Waals surface area (Å²) in [5, 5.41) is 3.02. The van der Waals surface area contributed by atoms with Gasteiger partial charge in [-0.25, -0.2) is 0 Å². The Hall–Kier alpha value is -0.0000000000000000555. The van der Waals surface area contributed by atoms with Crippen molar-refractivity contribution < 1.29 is 4.74 Å². The lowest BCUT2D eigenvalue weighted by atomic mass is 10.3. The smallest absolute Gasteiger partial charge is 0.119 e. The summed E-state index contributed by atoms with van der Waals surface area (Å²) >= 11 is 2.27. The van der Waals surface area contributed by atoms with Gasteiger partial charge < -0.3 is 10.1 Å². The van der Waals surface area contributed by atoms with Gasteiger partial charge in [0, 0.05) is 10.1 Å². The molecule has 74 valence electrons. The Morgan fingerprint density at radius 1 is 1.31 bits per heavy atom. The predicted molar refractivity (Wildman–Crippen MR) is 65.8 cm³/mol. The Labute approximate surface area is 98.6 Å². The van der Waals surface area contributed by atoms with Gasteiger partial charge in [-0.3, -0.25) is 0 Å². The predicted octanol–water partition coefficient (Wildman–Crippen LogP) is 2.31. The average molecular weight is 314 g/mol. The largest absolute Gasteiger partial charge is 0.492 e. The monoisotopic (exact) mass is 313 g/mol. The molecule has 4 heteroatoms. The molecule has 0 bridgehead atoms. The van der Waals surface area contributed by atoms with E-state index in [1.807, 2.05) is 31.3 Å². The number of nitrogens with one attached hydrogen (secondary N) is 1. The molecule has 1 aromatic rings. The Morgan fingerprint density at radius 2 is 1.92 bits per heavy atom. The van der Waals surface area contributed by atoms with Crippen LogP contribution in [0.1, 0.15) is 0 Å². The zero-order chi connectivity index (χ0) is 8.81. The normalized spacial score (nSPS) is 9.08. The van der Waals surface area contributed by atoms with Crippen molar-refractivity contribution in [3.63, 3.8) is 0 Å². The molecule has 0 spiro atoms. The highest BCUT2D eigenvalue weighted by Gasteiger charge is 1.91. The van der Waals surface area contributed by atoms with Crippen LogP contribution < -0.4 is 10.1 Å². The summed E-state index contributed by atoms with van der Waals surface area (Å²) in [5.41, 5.74) is 0. The van der Waals surface area contributed by atoms with Gasteiger partial charge in [-0.05, 0) is 53.9 Å². The van der Waals surface area contributed by atoms with Crippen molar-refractivity contribution in [1.29, 1.82) is 0 Å². The first-order valence-electron chi connectivity index (χ1n) is 3.86. The fraction of sp³-hybridized carbons (Fsp3) is 0.333. The molecule has 0 heterocycles. The van der Waals surface area contributed by atoms with E-state index in [0.29, 0.717) is 0 Å². The average Bonchev–Trinajstić information content (AvgIpc) is 2.09. The van der Waals surface area contributed by atoms with Crippen molar-refractivity contribution in [3.8, 4) is 5.75 Å². The summed E-state index contributed by atoms with van der Waals surface area (Å²) in [7, 11) is 1.91. The van der Waals surface area contributed by atoms with Gasteiger partial charge in [0.2, 0.25) is 0 Å². The third-order valence-corrected chi connectivity index (χ3v) is 2.15. The second-order valence-electron chi connectivity index (χ2n) is 2.41. The summed E-state index contributed by atoms with van der Waals surface area (Å²) < 4.78 is 6.67. The molecule has 0 unspecified atom stereocenters. The Bertz CT molecular complexity index is 228. The lowest BCUT2D eigenvalue weighted by Gasteiger charge is -2.04. The van der Waals surface area contributed by atoms with Crippen LogP contribution >= 0.6 is 35.0 Å². The van der Waals surface area contributed by atoms with Gasteiger partial charge >= 0.3 is 0 Å². The van der Waals surface area contributed by atoms with E-state index in [2.05, 4.69) is 27.9 Å². The highest BCUT2D eigenvalue weighted by Crippen LogP contribution is 2.12. The quantitative estimate of drug-likeness (QED) is 0.680. The van der Waals surface area contributed by atoms with Crippen LogP contribution in [0.25, 0.3) is 0 Å². The molecule has 1 aromatic carbocycles. The van der Waals surface area contributed by atoms with E-state index in [1.165, 1.54) is 3.57 Å². The minimum absolute atomic E-state index is 0. The molecule has 0 amide bonds. The van der Waals surface area contributed by atoms with Crippen LogP contribution in [0.5, 0.6) is 5.75 Å². The molecule has 0 atom stereocenters. The zero-order valence-electron chi connectivity index (χ0n) is 7.42. The fourth-order valence-electron chi connectivity index (χ4n) is 0.802. The Balaban J connectivity index is 0.00000144. The summed E-state index contributed by atoms with van der Waals surface area (Å²) in [6, 6.07) is 8.04. The van der Waals surface area contributed by atoms with E-state index < -0.39 is 0 Å².